The molecule has 8 bridgehead atoms. The molecule has 11 rings (SSSR count). The van der Waals surface area contributed by atoms with Gasteiger partial charge < -0.3 is 19.5 Å². The molecule has 0 saturated carbocycles. The molecule has 3 aliphatic rings. The van der Waals surface area contributed by atoms with Crippen LogP contribution in [0.5, 0.6) is 11.5 Å². The number of pyridine rings is 2. The van der Waals surface area contributed by atoms with Gasteiger partial charge in [-0.25, -0.2) is 14.2 Å². The fraction of sp³-hybridized carbons (Fsp3) is 0.458. The summed E-state index contributed by atoms with van der Waals surface area (Å²) in [6.45, 7) is 33.8. The summed E-state index contributed by atoms with van der Waals surface area (Å²) in [5, 5.41) is 21.2. The SMILES string of the molecule is CC(C)(C)OC(=O)NC(Cn1cc(-c2cc(C(C)(C)C)cc(C(C)(C)C)c2)nn1)Cn1cc(-c2cc(C(C)(C)C)cc(C(C)(C)C)c2)nn1.O=S1CCOc2ccc(cc2)CCCc2cccc(n2)-c2cccc(n2)CCCc2ccc(cc2)OCC1. The summed E-state index contributed by atoms with van der Waals surface area (Å²) < 4.78 is 33.2. The standard InChI is InChI=1S/C40H59N7O2.C32H34N2O3S/c1-36(2,3)28-16-26(17-29(20-28)37(4,5)6)33-24-46(44-42-33)22-32(41-35(48)49-40(13,14)15)23-47-25-34(43-45-47)27-18-30(38(7,8)9)21-31(19-27)39(10,11)12;35-38-23-21-36-29-17-13-25(14-18-29)5-1-7-27-9-3-11-31(33-27)32-12-4-10-28(34-32)8-2-6-26-15-19-30(20-16-26)37-22-24-38/h16-21,24-25,32H,22-23H2,1-15H3,(H,41,48);3-4,9-20H,1-2,5-8,21-24H2. The molecule has 462 valence electrons. The molecule has 15 heteroatoms. The van der Waals surface area contributed by atoms with Gasteiger partial charge in [-0.05, 0) is 187 Å². The Morgan fingerprint density at radius 2 is 0.897 bits per heavy atom. The Bertz CT molecular complexity index is 3290. The second-order valence-electron chi connectivity index (χ2n) is 28.2. The van der Waals surface area contributed by atoms with Gasteiger partial charge >= 0.3 is 6.09 Å². The molecule has 14 nitrogen and oxygen atoms in total. The zero-order valence-corrected chi connectivity index (χ0v) is 55.1. The molecular weight excluding hydrogens is 1100 g/mol. The Hall–Kier alpha value is -7.52. The number of fused-ring (bicyclic) bond motifs is 2. The second kappa shape index (κ2) is 28.1. The summed E-state index contributed by atoms with van der Waals surface area (Å²) in [6.07, 6.45) is 9.21. The second-order valence-corrected chi connectivity index (χ2v) is 29.9. The molecule has 0 aliphatic carbocycles. The normalized spacial score (nSPS) is 14.3. The highest BCUT2D eigenvalue weighted by atomic mass is 32.2. The molecule has 3 aliphatic heterocycles. The van der Waals surface area contributed by atoms with Gasteiger partial charge in [0.05, 0.1) is 67.6 Å². The van der Waals surface area contributed by atoms with Gasteiger partial charge in [0.2, 0.25) is 0 Å². The van der Waals surface area contributed by atoms with Crippen LogP contribution >= 0.6 is 0 Å². The smallest absolute Gasteiger partial charge is 0.407 e. The minimum atomic E-state index is -0.980. The number of rotatable bonds is 7. The monoisotopic (exact) mass is 1200 g/mol. The van der Waals surface area contributed by atoms with Crippen molar-refractivity contribution in [3.8, 4) is 45.4 Å². The highest BCUT2D eigenvalue weighted by Gasteiger charge is 2.26. The lowest BCUT2D eigenvalue weighted by atomic mass is 9.79. The number of carbonyl (C=O) groups excluding carboxylic acids is 1. The van der Waals surface area contributed by atoms with Crippen molar-refractivity contribution in [3.05, 3.63) is 178 Å². The van der Waals surface area contributed by atoms with Crippen LogP contribution in [0.2, 0.25) is 0 Å². The van der Waals surface area contributed by atoms with Crippen LogP contribution in [-0.2, 0) is 76.0 Å². The highest BCUT2D eigenvalue weighted by Crippen LogP contribution is 2.35. The van der Waals surface area contributed by atoms with E-state index in [2.05, 4.69) is 194 Å². The van der Waals surface area contributed by atoms with Crippen molar-refractivity contribution in [2.24, 2.45) is 0 Å². The quantitative estimate of drug-likeness (QED) is 0.162. The van der Waals surface area contributed by atoms with Crippen molar-refractivity contribution in [1.82, 2.24) is 45.3 Å². The molecule has 0 radical (unpaired) electrons. The minimum Gasteiger partial charge on any atom is -0.493 e. The first kappa shape index (κ1) is 65.5. The average Bonchev–Trinajstić information content (AvgIpc) is 2.25. The summed E-state index contributed by atoms with van der Waals surface area (Å²) in [6, 6.07) is 41.9. The Morgan fingerprint density at radius 3 is 1.25 bits per heavy atom. The molecule has 1 amide bonds. The first-order chi connectivity index (χ1) is 41.0. The third-order valence-electron chi connectivity index (χ3n) is 15.2. The maximum absolute atomic E-state index is 13.0. The molecule has 0 unspecified atom stereocenters. The molecule has 0 fully saturated rings. The zero-order valence-electron chi connectivity index (χ0n) is 54.3. The summed E-state index contributed by atoms with van der Waals surface area (Å²) >= 11 is 0. The Balaban J connectivity index is 0.000000232. The summed E-state index contributed by atoms with van der Waals surface area (Å²) in [5.41, 5.74) is 14.5. The van der Waals surface area contributed by atoms with E-state index < -0.39 is 28.5 Å². The lowest BCUT2D eigenvalue weighted by Gasteiger charge is -2.26. The van der Waals surface area contributed by atoms with Gasteiger partial charge in [0, 0.05) is 33.3 Å². The third kappa shape index (κ3) is 20.0. The molecule has 87 heavy (non-hydrogen) atoms. The van der Waals surface area contributed by atoms with E-state index in [0.29, 0.717) is 37.8 Å². The summed E-state index contributed by atoms with van der Waals surface area (Å²) in [4.78, 5) is 22.8. The molecule has 0 spiro atoms. The molecule has 1 N–H and O–H groups in total. The number of benzene rings is 4. The molecule has 8 aromatic rings. The van der Waals surface area contributed by atoms with Crippen molar-refractivity contribution in [2.45, 2.75) is 189 Å². The lowest BCUT2D eigenvalue weighted by molar-refractivity contribution is 0.0491. The van der Waals surface area contributed by atoms with Crippen molar-refractivity contribution >= 4 is 16.9 Å². The molecular formula is C72H93N9O5S. The van der Waals surface area contributed by atoms with Gasteiger partial charge in [-0.15, -0.1) is 10.2 Å². The van der Waals surface area contributed by atoms with Crippen LogP contribution in [-0.4, -0.2) is 86.6 Å². The fourth-order valence-corrected chi connectivity index (χ4v) is 10.7. The fourth-order valence-electron chi connectivity index (χ4n) is 9.98. The van der Waals surface area contributed by atoms with Gasteiger partial charge in [0.1, 0.15) is 28.5 Å². The van der Waals surface area contributed by atoms with Crippen molar-refractivity contribution in [2.75, 3.05) is 24.7 Å². The van der Waals surface area contributed by atoms with E-state index in [0.717, 1.165) is 95.3 Å². The number of alkyl carbamates (subject to hydrolysis) is 1. The summed E-state index contributed by atoms with van der Waals surface area (Å²) in [7, 11) is -0.980. The number of amides is 1. The predicted octanol–water partition coefficient (Wildman–Crippen LogP) is 15.0. The van der Waals surface area contributed by atoms with Gasteiger partial charge in [0.15, 0.2) is 0 Å². The number of nitrogens with one attached hydrogen (secondary N) is 1. The molecule has 4 aromatic heterocycles. The minimum absolute atomic E-state index is 0.0204. The van der Waals surface area contributed by atoms with E-state index in [-0.39, 0.29) is 21.7 Å². The van der Waals surface area contributed by atoms with Crippen molar-refractivity contribution in [3.63, 3.8) is 0 Å². The largest absolute Gasteiger partial charge is 0.493 e. The number of nitrogens with zero attached hydrogens (tertiary/aromatic N) is 8. The maximum Gasteiger partial charge on any atom is 0.407 e. The van der Waals surface area contributed by atoms with Crippen LogP contribution in [0.4, 0.5) is 4.79 Å². The van der Waals surface area contributed by atoms with Crippen LogP contribution in [0.25, 0.3) is 33.9 Å². The Labute approximate surface area is 520 Å². The summed E-state index contributed by atoms with van der Waals surface area (Å²) in [5.74, 6) is 2.60. The van der Waals surface area contributed by atoms with Crippen LogP contribution < -0.4 is 14.8 Å². The average molecular weight is 1200 g/mol. The number of aryl methyl sites for hydroxylation is 4. The van der Waals surface area contributed by atoms with E-state index in [1.165, 1.54) is 33.4 Å². The van der Waals surface area contributed by atoms with E-state index in [9.17, 15) is 9.00 Å². The van der Waals surface area contributed by atoms with E-state index >= 15 is 0 Å². The Kier molecular flexibility index (Phi) is 21.1. The maximum atomic E-state index is 13.0. The van der Waals surface area contributed by atoms with E-state index in [1.54, 1.807) is 9.36 Å². The van der Waals surface area contributed by atoms with Gasteiger partial charge in [-0.3, -0.25) is 14.2 Å². The van der Waals surface area contributed by atoms with Crippen LogP contribution in [0.15, 0.2) is 134 Å². The van der Waals surface area contributed by atoms with Gasteiger partial charge in [-0.1, -0.05) is 142 Å². The topological polar surface area (TPSA) is 161 Å². The predicted molar refractivity (Wildman–Crippen MR) is 352 cm³/mol. The molecule has 7 heterocycles. The number of carbonyl (C=O) groups is 1. The Morgan fingerprint density at radius 1 is 0.517 bits per heavy atom. The van der Waals surface area contributed by atoms with E-state index in [4.69, 9.17) is 24.2 Å². The van der Waals surface area contributed by atoms with Gasteiger partial charge in [0.25, 0.3) is 0 Å². The lowest BCUT2D eigenvalue weighted by Crippen LogP contribution is -2.43. The van der Waals surface area contributed by atoms with Crippen LogP contribution in [0, 0.1) is 0 Å². The third-order valence-corrected chi connectivity index (χ3v) is 16.5. The zero-order chi connectivity index (χ0) is 62.7. The number of aromatic nitrogens is 8. The van der Waals surface area contributed by atoms with E-state index in [1.807, 2.05) is 69.6 Å². The van der Waals surface area contributed by atoms with Crippen LogP contribution in [0.3, 0.4) is 0 Å². The first-order valence-corrected chi connectivity index (χ1v) is 32.3. The number of ether oxygens (including phenoxy) is 3. The van der Waals surface area contributed by atoms with Gasteiger partial charge in [-0.2, -0.15) is 0 Å². The molecule has 0 atom stereocenters. The highest BCUT2D eigenvalue weighted by molar-refractivity contribution is 7.85. The molecule has 0 saturated heterocycles. The number of hydrogen-bond acceptors (Lipinski definition) is 11. The molecule has 4 aromatic carbocycles. The van der Waals surface area contributed by atoms with Crippen molar-refractivity contribution < 1.29 is 23.2 Å². The first-order valence-electron chi connectivity index (χ1n) is 30.8. The number of hydrogen-bond donors (Lipinski definition) is 1. The van der Waals surface area contributed by atoms with Crippen molar-refractivity contribution in [1.29, 1.82) is 0 Å². The van der Waals surface area contributed by atoms with Crippen LogP contribution in [0.1, 0.15) is 161 Å².